The van der Waals surface area contributed by atoms with Gasteiger partial charge in [0.25, 0.3) is 0 Å². The van der Waals surface area contributed by atoms with E-state index in [1.165, 1.54) is 218 Å². The second-order valence-electron chi connectivity index (χ2n) is 18.6. The van der Waals surface area contributed by atoms with Crippen LogP contribution in [0.3, 0.4) is 0 Å². The average molecular weight is 836 g/mol. The highest BCUT2D eigenvalue weighted by Crippen LogP contribution is 2.19. The highest BCUT2D eigenvalue weighted by atomic mass is 16.5. The molecule has 0 radical (unpaired) electrons. The summed E-state index contributed by atoms with van der Waals surface area (Å²) in [5.41, 5.74) is 0. The first-order valence-electron chi connectivity index (χ1n) is 26.8. The van der Waals surface area contributed by atoms with Gasteiger partial charge in [0.2, 0.25) is 5.91 Å². The van der Waals surface area contributed by atoms with E-state index in [1.54, 1.807) is 0 Å². The van der Waals surface area contributed by atoms with Gasteiger partial charge >= 0.3 is 5.97 Å². The molecule has 1 amide bonds. The van der Waals surface area contributed by atoms with Gasteiger partial charge in [-0.1, -0.05) is 265 Å². The molecule has 0 heterocycles. The van der Waals surface area contributed by atoms with Gasteiger partial charge in [0.15, 0.2) is 0 Å². The van der Waals surface area contributed by atoms with Crippen molar-refractivity contribution in [2.24, 2.45) is 0 Å². The van der Waals surface area contributed by atoms with E-state index in [1.807, 2.05) is 0 Å². The second-order valence-corrected chi connectivity index (χ2v) is 18.6. The third-order valence-corrected chi connectivity index (χ3v) is 12.7. The minimum Gasteiger partial charge on any atom is -0.462 e. The van der Waals surface area contributed by atoms with Crippen molar-refractivity contribution < 1.29 is 24.5 Å². The Hall–Kier alpha value is -1.14. The Morgan fingerprint density at radius 3 is 1.03 bits per heavy atom. The normalized spacial score (nSPS) is 13.1. The van der Waals surface area contributed by atoms with Gasteiger partial charge in [-0.05, 0) is 25.7 Å². The van der Waals surface area contributed by atoms with Crippen LogP contribution in [0.4, 0.5) is 0 Å². The molecule has 0 saturated heterocycles. The average Bonchev–Trinajstić information content (AvgIpc) is 3.23. The highest BCUT2D eigenvalue weighted by Gasteiger charge is 2.24. The van der Waals surface area contributed by atoms with Gasteiger partial charge in [-0.25, -0.2) is 0 Å². The van der Waals surface area contributed by atoms with E-state index in [9.17, 15) is 19.8 Å². The van der Waals surface area contributed by atoms with Crippen LogP contribution >= 0.6 is 0 Å². The van der Waals surface area contributed by atoms with Crippen LogP contribution in [0, 0.1) is 0 Å². The number of carbonyl (C=O) groups is 2. The maximum atomic E-state index is 13.2. The number of hydrogen-bond acceptors (Lipinski definition) is 5. The van der Waals surface area contributed by atoms with Crippen molar-refractivity contribution in [3.8, 4) is 0 Å². The topological polar surface area (TPSA) is 95.9 Å². The van der Waals surface area contributed by atoms with Crippen LogP contribution in [0.5, 0.6) is 0 Å². The fraction of sp³-hybridized carbons (Fsp3) is 0.962. The van der Waals surface area contributed by atoms with Crippen molar-refractivity contribution in [1.82, 2.24) is 5.32 Å². The first kappa shape index (κ1) is 57.9. The molecule has 6 heteroatoms. The lowest BCUT2D eigenvalue weighted by atomic mass is 10.0. The number of esters is 1. The van der Waals surface area contributed by atoms with E-state index in [-0.39, 0.29) is 24.9 Å². The second kappa shape index (κ2) is 47.9. The summed E-state index contributed by atoms with van der Waals surface area (Å²) in [7, 11) is 0. The molecular weight excluding hydrogens is 731 g/mol. The van der Waals surface area contributed by atoms with Gasteiger partial charge in [-0.3, -0.25) is 9.59 Å². The quantitative estimate of drug-likeness (QED) is 0.0419. The zero-order chi connectivity index (χ0) is 43.1. The van der Waals surface area contributed by atoms with Crippen molar-refractivity contribution in [2.75, 3.05) is 6.61 Å². The molecule has 0 aromatic carbocycles. The first-order valence-corrected chi connectivity index (χ1v) is 26.8. The van der Waals surface area contributed by atoms with Crippen molar-refractivity contribution >= 4 is 11.9 Å². The van der Waals surface area contributed by atoms with E-state index in [2.05, 4.69) is 26.1 Å². The van der Waals surface area contributed by atoms with E-state index in [4.69, 9.17) is 4.74 Å². The number of unbranched alkanes of at least 4 members (excludes halogenated alkanes) is 37. The molecule has 352 valence electrons. The van der Waals surface area contributed by atoms with Gasteiger partial charge in [0.1, 0.15) is 6.10 Å². The van der Waals surface area contributed by atoms with Crippen molar-refractivity contribution in [1.29, 1.82) is 0 Å². The largest absolute Gasteiger partial charge is 0.462 e. The Morgan fingerprint density at radius 2 is 0.712 bits per heavy atom. The zero-order valence-electron chi connectivity index (χ0n) is 40.2. The Balaban J connectivity index is 4.50. The van der Waals surface area contributed by atoms with E-state index < -0.39 is 18.2 Å². The molecule has 59 heavy (non-hydrogen) atoms. The lowest BCUT2D eigenvalue weighted by Gasteiger charge is -2.24. The van der Waals surface area contributed by atoms with Crippen LogP contribution in [0.1, 0.15) is 303 Å². The predicted molar refractivity (Wildman–Crippen MR) is 255 cm³/mol. The molecule has 0 spiro atoms. The summed E-state index contributed by atoms with van der Waals surface area (Å²) in [6, 6.07) is -0.691. The number of carbonyl (C=O) groups excluding carboxylic acids is 2. The number of rotatable bonds is 49. The summed E-state index contributed by atoms with van der Waals surface area (Å²) in [6.45, 7) is 6.51. The van der Waals surface area contributed by atoms with Gasteiger partial charge in [-0.2, -0.15) is 0 Å². The fourth-order valence-electron chi connectivity index (χ4n) is 8.61. The predicted octanol–water partition coefficient (Wildman–Crippen LogP) is 16.0. The number of amides is 1. The van der Waals surface area contributed by atoms with E-state index >= 15 is 0 Å². The fourth-order valence-corrected chi connectivity index (χ4v) is 8.61. The van der Waals surface area contributed by atoms with Crippen molar-refractivity contribution in [3.05, 3.63) is 0 Å². The van der Waals surface area contributed by atoms with Crippen LogP contribution in [0.2, 0.25) is 0 Å². The van der Waals surface area contributed by atoms with E-state index in [0.29, 0.717) is 19.3 Å². The standard InChI is InChI=1S/C53H105NO5/c1-4-7-10-13-16-19-22-25-26-28-31-34-37-40-43-46-53(58)59-49(44-41-38-35-32-29-27-23-20-17-14-11-8-5-2)47-52(57)54-50(48-55)51(56)45-42-39-36-33-30-24-21-18-15-12-9-6-3/h49-51,55-56H,4-48H2,1-3H3,(H,54,57). The van der Waals surface area contributed by atoms with Crippen LogP contribution in [-0.4, -0.2) is 46.9 Å². The van der Waals surface area contributed by atoms with Gasteiger partial charge < -0.3 is 20.3 Å². The van der Waals surface area contributed by atoms with Crippen LogP contribution in [0.25, 0.3) is 0 Å². The minimum atomic E-state index is -0.778. The van der Waals surface area contributed by atoms with Crippen LogP contribution < -0.4 is 5.32 Å². The summed E-state index contributed by atoms with van der Waals surface area (Å²) in [5.74, 6) is -0.449. The summed E-state index contributed by atoms with van der Waals surface area (Å²) >= 11 is 0. The monoisotopic (exact) mass is 836 g/mol. The number of aliphatic hydroxyl groups is 2. The molecule has 0 aliphatic carbocycles. The number of ether oxygens (including phenoxy) is 1. The van der Waals surface area contributed by atoms with Gasteiger partial charge in [0, 0.05) is 6.42 Å². The maximum Gasteiger partial charge on any atom is 0.306 e. The summed E-state index contributed by atoms with van der Waals surface area (Å²) < 4.78 is 5.95. The summed E-state index contributed by atoms with van der Waals surface area (Å²) in [4.78, 5) is 26.1. The number of nitrogens with one attached hydrogen (secondary N) is 1. The Kier molecular flexibility index (Phi) is 47.0. The Bertz CT molecular complexity index is 852. The zero-order valence-corrected chi connectivity index (χ0v) is 40.2. The highest BCUT2D eigenvalue weighted by molar-refractivity contribution is 5.77. The number of hydrogen-bond donors (Lipinski definition) is 3. The molecule has 0 aliphatic heterocycles. The molecule has 0 aromatic heterocycles. The molecule has 0 aromatic rings. The lowest BCUT2D eigenvalue weighted by Crippen LogP contribution is -2.46. The molecule has 0 fully saturated rings. The van der Waals surface area contributed by atoms with Crippen molar-refractivity contribution in [2.45, 2.75) is 322 Å². The Labute approximate surface area is 368 Å². The van der Waals surface area contributed by atoms with Crippen molar-refractivity contribution in [3.63, 3.8) is 0 Å². The smallest absolute Gasteiger partial charge is 0.306 e. The molecule has 6 nitrogen and oxygen atoms in total. The molecule has 3 unspecified atom stereocenters. The molecule has 0 rings (SSSR count). The summed E-state index contributed by atoms with van der Waals surface area (Å²) in [6.07, 6.45) is 51.6. The maximum absolute atomic E-state index is 13.2. The number of aliphatic hydroxyl groups excluding tert-OH is 2. The lowest BCUT2D eigenvalue weighted by molar-refractivity contribution is -0.151. The first-order chi connectivity index (χ1) is 29.0. The third-order valence-electron chi connectivity index (χ3n) is 12.7. The molecule has 3 atom stereocenters. The third kappa shape index (κ3) is 43.3. The molecule has 0 aliphatic rings. The van der Waals surface area contributed by atoms with Gasteiger partial charge in [0.05, 0.1) is 25.2 Å². The molecule has 0 saturated carbocycles. The van der Waals surface area contributed by atoms with Crippen LogP contribution in [0.15, 0.2) is 0 Å². The summed E-state index contributed by atoms with van der Waals surface area (Å²) in [5, 5.41) is 23.8. The molecule has 3 N–H and O–H groups in total. The minimum absolute atomic E-state index is 0.0880. The SMILES string of the molecule is CCCCCCCCCCCCCCCCCC(=O)OC(CCCCCCCCCCCCCCC)CC(=O)NC(CO)C(O)CCCCCCCCCCCCCC. The molecular formula is C53H105NO5. The molecule has 0 bridgehead atoms. The van der Waals surface area contributed by atoms with E-state index in [0.717, 1.165) is 38.5 Å². The Morgan fingerprint density at radius 1 is 0.424 bits per heavy atom. The van der Waals surface area contributed by atoms with Gasteiger partial charge in [-0.15, -0.1) is 0 Å². The van der Waals surface area contributed by atoms with Crippen LogP contribution in [-0.2, 0) is 14.3 Å².